The van der Waals surface area contributed by atoms with E-state index < -0.39 is 10.0 Å². The van der Waals surface area contributed by atoms with Crippen LogP contribution in [0.4, 0.5) is 5.82 Å². The van der Waals surface area contributed by atoms with E-state index in [1.807, 2.05) is 17.5 Å². The van der Waals surface area contributed by atoms with Gasteiger partial charge in [-0.3, -0.25) is 0 Å². The van der Waals surface area contributed by atoms with Gasteiger partial charge < -0.3 is 10.1 Å². The summed E-state index contributed by atoms with van der Waals surface area (Å²) in [6.45, 7) is 0.608. The Bertz CT molecular complexity index is 956. The van der Waals surface area contributed by atoms with Gasteiger partial charge in [-0.2, -0.15) is 0 Å². The minimum Gasteiger partial charge on any atom is -0.478 e. The molecular formula is C16H16N4O3S2. The first kappa shape index (κ1) is 17.3. The van der Waals surface area contributed by atoms with Gasteiger partial charge in [0.15, 0.2) is 5.82 Å². The fourth-order valence-electron chi connectivity index (χ4n) is 2.18. The maximum Gasteiger partial charge on any atom is 0.257 e. The molecule has 130 valence electrons. The molecule has 0 atom stereocenters. The highest BCUT2D eigenvalue weighted by Gasteiger charge is 2.11. The van der Waals surface area contributed by atoms with Crippen LogP contribution in [-0.2, 0) is 16.6 Å². The molecule has 7 nitrogen and oxygen atoms in total. The number of nitrogens with zero attached hydrogens (tertiary/aromatic N) is 2. The van der Waals surface area contributed by atoms with E-state index in [2.05, 4.69) is 15.3 Å². The van der Waals surface area contributed by atoms with Crippen molar-refractivity contribution in [2.24, 2.45) is 5.14 Å². The Morgan fingerprint density at radius 2 is 2.00 bits per heavy atom. The van der Waals surface area contributed by atoms with Crippen LogP contribution in [0.15, 0.2) is 52.9 Å². The summed E-state index contributed by atoms with van der Waals surface area (Å²) < 4.78 is 27.9. The molecule has 0 aliphatic rings. The Morgan fingerprint density at radius 1 is 1.24 bits per heavy atom. The molecule has 9 heteroatoms. The number of thiophene rings is 1. The first-order chi connectivity index (χ1) is 12.0. The molecule has 2 heterocycles. The average Bonchev–Trinajstić information content (AvgIpc) is 3.12. The Labute approximate surface area is 149 Å². The van der Waals surface area contributed by atoms with Crippen LogP contribution in [0.2, 0.25) is 0 Å². The van der Waals surface area contributed by atoms with Crippen LogP contribution in [0, 0.1) is 0 Å². The number of hydrogen-bond acceptors (Lipinski definition) is 7. The molecule has 0 radical (unpaired) electrons. The predicted octanol–water partition coefficient (Wildman–Crippen LogP) is 2.47. The van der Waals surface area contributed by atoms with Gasteiger partial charge in [0.2, 0.25) is 10.0 Å². The molecule has 0 aliphatic heterocycles. The molecule has 0 saturated carbocycles. The molecule has 3 aromatic rings. The summed E-state index contributed by atoms with van der Waals surface area (Å²) in [6.07, 6.45) is 1.57. The van der Waals surface area contributed by atoms with Gasteiger partial charge in [0.1, 0.15) is 0 Å². The maximum absolute atomic E-state index is 11.3. The van der Waals surface area contributed by atoms with Gasteiger partial charge in [0, 0.05) is 10.4 Å². The molecule has 0 saturated heterocycles. The number of hydrogen-bond donors (Lipinski definition) is 2. The molecule has 0 spiro atoms. The third kappa shape index (κ3) is 4.13. The minimum absolute atomic E-state index is 0.0498. The second kappa shape index (κ2) is 7.18. The molecule has 0 bridgehead atoms. The van der Waals surface area contributed by atoms with E-state index in [1.54, 1.807) is 29.7 Å². The number of primary sulfonamides is 1. The zero-order valence-electron chi connectivity index (χ0n) is 13.3. The van der Waals surface area contributed by atoms with Gasteiger partial charge in [0.25, 0.3) is 5.88 Å². The van der Waals surface area contributed by atoms with E-state index >= 15 is 0 Å². The minimum atomic E-state index is -3.72. The fourth-order valence-corrected chi connectivity index (χ4v) is 3.34. The van der Waals surface area contributed by atoms with Gasteiger partial charge in [0.05, 0.1) is 30.4 Å². The van der Waals surface area contributed by atoms with Crippen molar-refractivity contribution in [3.8, 4) is 17.1 Å². The number of sulfonamides is 1. The molecule has 0 amide bonds. The summed E-state index contributed by atoms with van der Waals surface area (Å²) in [5.41, 5.74) is 1.32. The highest BCUT2D eigenvalue weighted by Crippen LogP contribution is 2.25. The first-order valence-electron chi connectivity index (χ1n) is 7.28. The van der Waals surface area contributed by atoms with Gasteiger partial charge in [-0.15, -0.1) is 11.3 Å². The van der Waals surface area contributed by atoms with Crippen LogP contribution in [0.5, 0.6) is 5.88 Å². The predicted molar refractivity (Wildman–Crippen MR) is 97.0 cm³/mol. The third-order valence-electron chi connectivity index (χ3n) is 3.42. The second-order valence-corrected chi connectivity index (χ2v) is 7.71. The number of nitrogens with one attached hydrogen (secondary N) is 1. The molecule has 0 fully saturated rings. The number of benzene rings is 1. The van der Waals surface area contributed by atoms with Crippen LogP contribution in [-0.4, -0.2) is 25.5 Å². The Kier molecular flexibility index (Phi) is 4.98. The van der Waals surface area contributed by atoms with Crippen molar-refractivity contribution < 1.29 is 13.2 Å². The summed E-state index contributed by atoms with van der Waals surface area (Å²) in [4.78, 5) is 10.00. The number of anilines is 1. The van der Waals surface area contributed by atoms with Gasteiger partial charge >= 0.3 is 0 Å². The molecule has 0 unspecified atom stereocenters. The van der Waals surface area contributed by atoms with E-state index in [1.165, 1.54) is 19.2 Å². The van der Waals surface area contributed by atoms with E-state index in [9.17, 15) is 8.42 Å². The van der Waals surface area contributed by atoms with Gasteiger partial charge in [-0.05, 0) is 23.6 Å². The summed E-state index contributed by atoms with van der Waals surface area (Å²) in [7, 11) is -2.19. The number of ether oxygens (including phenoxy) is 1. The number of rotatable bonds is 6. The molecule has 3 rings (SSSR count). The van der Waals surface area contributed by atoms with Crippen molar-refractivity contribution in [2.45, 2.75) is 11.4 Å². The van der Waals surface area contributed by atoms with Crippen molar-refractivity contribution in [3.05, 3.63) is 52.9 Å². The van der Waals surface area contributed by atoms with Crippen LogP contribution >= 0.6 is 11.3 Å². The zero-order valence-corrected chi connectivity index (χ0v) is 15.0. The van der Waals surface area contributed by atoms with Gasteiger partial charge in [-0.1, -0.05) is 18.2 Å². The number of methoxy groups -OCH3 is 1. The van der Waals surface area contributed by atoms with E-state index in [-0.39, 0.29) is 4.90 Å². The van der Waals surface area contributed by atoms with Crippen LogP contribution in [0.1, 0.15) is 4.88 Å². The zero-order chi connectivity index (χ0) is 17.9. The molecule has 25 heavy (non-hydrogen) atoms. The molecule has 3 N–H and O–H groups in total. The summed E-state index contributed by atoms with van der Waals surface area (Å²) in [5.74, 6) is 0.908. The van der Waals surface area contributed by atoms with Crippen molar-refractivity contribution in [1.82, 2.24) is 9.97 Å². The standard InChI is InChI=1S/C16H16N4O3S2/c1-23-16-15(18-9-12-3-2-8-24-12)20-14(10-19-16)11-4-6-13(7-5-11)25(17,21)22/h2-8,10H,9H2,1H3,(H,18,20)(H2,17,21,22). The Hall–Kier alpha value is -2.49. The lowest BCUT2D eigenvalue weighted by Gasteiger charge is -2.10. The van der Waals surface area contributed by atoms with Gasteiger partial charge in [-0.25, -0.2) is 23.5 Å². The fraction of sp³-hybridized carbons (Fsp3) is 0.125. The highest BCUT2D eigenvalue weighted by atomic mass is 32.2. The molecular weight excluding hydrogens is 360 g/mol. The van der Waals surface area contributed by atoms with Crippen LogP contribution < -0.4 is 15.2 Å². The summed E-state index contributed by atoms with van der Waals surface area (Å²) >= 11 is 1.64. The van der Waals surface area contributed by atoms with Crippen LogP contribution in [0.3, 0.4) is 0 Å². The van der Waals surface area contributed by atoms with Crippen molar-refractivity contribution >= 4 is 27.2 Å². The lowest BCUT2D eigenvalue weighted by molar-refractivity contribution is 0.398. The quantitative estimate of drug-likeness (QED) is 0.684. The molecule has 0 aliphatic carbocycles. The van der Waals surface area contributed by atoms with Crippen LogP contribution in [0.25, 0.3) is 11.3 Å². The molecule has 1 aromatic carbocycles. The topological polar surface area (TPSA) is 107 Å². The van der Waals surface area contributed by atoms with E-state index in [0.717, 1.165) is 10.4 Å². The maximum atomic E-state index is 11.3. The Balaban J connectivity index is 1.88. The smallest absolute Gasteiger partial charge is 0.257 e. The SMILES string of the molecule is COc1ncc(-c2ccc(S(N)(=O)=O)cc2)nc1NCc1cccs1. The van der Waals surface area contributed by atoms with E-state index in [4.69, 9.17) is 9.88 Å². The largest absolute Gasteiger partial charge is 0.478 e. The van der Waals surface area contributed by atoms with Crippen molar-refractivity contribution in [1.29, 1.82) is 0 Å². The van der Waals surface area contributed by atoms with Crippen molar-refractivity contribution in [3.63, 3.8) is 0 Å². The first-order valence-corrected chi connectivity index (χ1v) is 9.70. The average molecular weight is 376 g/mol. The molecule has 2 aromatic heterocycles. The highest BCUT2D eigenvalue weighted by molar-refractivity contribution is 7.89. The number of nitrogens with two attached hydrogens (primary N) is 1. The normalized spacial score (nSPS) is 11.3. The lowest BCUT2D eigenvalue weighted by atomic mass is 10.2. The van der Waals surface area contributed by atoms with E-state index in [0.29, 0.717) is 23.9 Å². The van der Waals surface area contributed by atoms with Crippen molar-refractivity contribution in [2.75, 3.05) is 12.4 Å². The lowest BCUT2D eigenvalue weighted by Crippen LogP contribution is -2.11. The summed E-state index contributed by atoms with van der Waals surface area (Å²) in [6, 6.07) is 10.2. The monoisotopic (exact) mass is 376 g/mol. The third-order valence-corrected chi connectivity index (χ3v) is 5.23. The second-order valence-electron chi connectivity index (χ2n) is 5.12. The Morgan fingerprint density at radius 3 is 2.60 bits per heavy atom. The summed E-state index contributed by atoms with van der Waals surface area (Å²) in [5, 5.41) is 10.3. The number of aromatic nitrogens is 2.